The van der Waals surface area contributed by atoms with Crippen molar-refractivity contribution in [3.05, 3.63) is 78.4 Å². The van der Waals surface area contributed by atoms with E-state index in [0.717, 1.165) is 27.9 Å². The molecule has 34 heavy (non-hydrogen) atoms. The number of carbonyl (C=O) groups excluding carboxylic acids is 1. The highest BCUT2D eigenvalue weighted by Gasteiger charge is 2.22. The lowest BCUT2D eigenvalue weighted by Gasteiger charge is -2.20. The third kappa shape index (κ3) is 5.57. The molecule has 1 amide bonds. The fourth-order valence-electron chi connectivity index (χ4n) is 3.38. The summed E-state index contributed by atoms with van der Waals surface area (Å²) < 4.78 is 44.4. The first kappa shape index (κ1) is 23.8. The standard InChI is InChI=1S/C24H22FN3O4S2/c1-32-19-8-11-21-22(14-19)33-24(27-21)28(16-17-4-2-12-26-15-17)23(29)5-3-13-34(30,31)20-9-6-18(25)7-10-20/h2,4,6-12,14-15H,3,5,13,16H2,1H3. The molecule has 4 rings (SSSR count). The van der Waals surface area contributed by atoms with Gasteiger partial charge >= 0.3 is 0 Å². The van der Waals surface area contributed by atoms with Crippen LogP contribution in [-0.2, 0) is 21.2 Å². The molecule has 0 fully saturated rings. The molecule has 0 aliphatic carbocycles. The Balaban J connectivity index is 1.53. The summed E-state index contributed by atoms with van der Waals surface area (Å²) in [7, 11) is -2.04. The molecule has 2 heterocycles. The van der Waals surface area contributed by atoms with Crippen molar-refractivity contribution in [2.75, 3.05) is 17.8 Å². The average Bonchev–Trinajstić information content (AvgIpc) is 3.26. The molecule has 10 heteroatoms. The first-order valence-corrected chi connectivity index (χ1v) is 12.9. The van der Waals surface area contributed by atoms with Crippen molar-refractivity contribution in [2.45, 2.75) is 24.3 Å². The largest absolute Gasteiger partial charge is 0.497 e. The van der Waals surface area contributed by atoms with Crippen LogP contribution in [0.15, 0.2) is 71.9 Å². The van der Waals surface area contributed by atoms with Crippen LogP contribution < -0.4 is 9.64 Å². The lowest BCUT2D eigenvalue weighted by molar-refractivity contribution is -0.118. The number of benzene rings is 2. The number of nitrogens with zero attached hydrogens (tertiary/aromatic N) is 3. The summed E-state index contributed by atoms with van der Waals surface area (Å²) in [5, 5.41) is 0.512. The van der Waals surface area contributed by atoms with E-state index in [1.807, 2.05) is 18.2 Å². The summed E-state index contributed by atoms with van der Waals surface area (Å²) in [5.41, 5.74) is 1.57. The molecule has 0 bridgehead atoms. The second-order valence-corrected chi connectivity index (χ2v) is 10.7. The number of carbonyl (C=O) groups is 1. The monoisotopic (exact) mass is 499 g/mol. The molecule has 0 atom stereocenters. The average molecular weight is 500 g/mol. The molecular weight excluding hydrogens is 477 g/mol. The van der Waals surface area contributed by atoms with Gasteiger partial charge in [0, 0.05) is 18.8 Å². The Kier molecular flexibility index (Phi) is 7.18. The Morgan fingerprint density at radius 1 is 1.15 bits per heavy atom. The van der Waals surface area contributed by atoms with E-state index in [2.05, 4.69) is 9.97 Å². The van der Waals surface area contributed by atoms with Gasteiger partial charge in [-0.3, -0.25) is 14.7 Å². The van der Waals surface area contributed by atoms with Crippen LogP contribution in [0.25, 0.3) is 10.2 Å². The smallest absolute Gasteiger partial charge is 0.229 e. The molecule has 0 saturated carbocycles. The Labute approximate surface area is 200 Å². The maximum absolute atomic E-state index is 13.2. The van der Waals surface area contributed by atoms with Crippen LogP contribution >= 0.6 is 11.3 Å². The van der Waals surface area contributed by atoms with Crippen molar-refractivity contribution in [3.8, 4) is 5.75 Å². The second-order valence-electron chi connectivity index (χ2n) is 7.55. The van der Waals surface area contributed by atoms with Crippen LogP contribution in [0, 0.1) is 5.82 Å². The van der Waals surface area contributed by atoms with Gasteiger partial charge in [0.05, 0.1) is 34.5 Å². The summed E-state index contributed by atoms with van der Waals surface area (Å²) in [6.07, 6.45) is 3.47. The SMILES string of the molecule is COc1ccc2nc(N(Cc3cccnc3)C(=O)CCCS(=O)(=O)c3ccc(F)cc3)sc2c1. The van der Waals surface area contributed by atoms with Gasteiger partial charge in [-0.2, -0.15) is 0 Å². The lowest BCUT2D eigenvalue weighted by atomic mass is 10.2. The zero-order valence-electron chi connectivity index (χ0n) is 18.3. The van der Waals surface area contributed by atoms with Gasteiger partial charge in [-0.15, -0.1) is 0 Å². The van der Waals surface area contributed by atoms with Crippen LogP contribution in [0.3, 0.4) is 0 Å². The van der Waals surface area contributed by atoms with Crippen molar-refractivity contribution in [1.82, 2.24) is 9.97 Å². The fraction of sp³-hybridized carbons (Fsp3) is 0.208. The minimum Gasteiger partial charge on any atom is -0.497 e. The Hall–Kier alpha value is -3.37. The fourth-order valence-corrected chi connectivity index (χ4v) is 5.70. The molecule has 2 aromatic carbocycles. The second kappa shape index (κ2) is 10.3. The first-order chi connectivity index (χ1) is 16.4. The Bertz CT molecular complexity index is 1390. The zero-order chi connectivity index (χ0) is 24.1. The number of halogens is 1. The van der Waals surface area contributed by atoms with E-state index in [9.17, 15) is 17.6 Å². The first-order valence-electron chi connectivity index (χ1n) is 10.5. The van der Waals surface area contributed by atoms with Gasteiger partial charge < -0.3 is 4.74 Å². The maximum atomic E-state index is 13.2. The van der Waals surface area contributed by atoms with E-state index < -0.39 is 15.7 Å². The van der Waals surface area contributed by atoms with Gasteiger partial charge in [-0.1, -0.05) is 17.4 Å². The van der Waals surface area contributed by atoms with Gasteiger partial charge in [-0.05, 0) is 60.5 Å². The molecule has 0 spiro atoms. The number of hydrogen-bond acceptors (Lipinski definition) is 7. The molecule has 0 radical (unpaired) electrons. The predicted molar refractivity (Wildman–Crippen MR) is 129 cm³/mol. The number of aromatic nitrogens is 2. The number of anilines is 1. The van der Waals surface area contributed by atoms with Crippen LogP contribution in [0.4, 0.5) is 9.52 Å². The van der Waals surface area contributed by atoms with Crippen molar-refractivity contribution >= 4 is 42.4 Å². The highest BCUT2D eigenvalue weighted by molar-refractivity contribution is 7.91. The number of hydrogen-bond donors (Lipinski definition) is 0. The molecule has 176 valence electrons. The molecular formula is C24H22FN3O4S2. The van der Waals surface area contributed by atoms with Gasteiger partial charge in [0.15, 0.2) is 15.0 Å². The number of rotatable bonds is 9. The minimum atomic E-state index is -3.62. The number of fused-ring (bicyclic) bond motifs is 1. The van der Waals surface area contributed by atoms with E-state index in [4.69, 9.17) is 4.74 Å². The topological polar surface area (TPSA) is 89.5 Å². The van der Waals surface area contributed by atoms with Crippen molar-refractivity contribution in [1.29, 1.82) is 0 Å². The van der Waals surface area contributed by atoms with E-state index in [1.165, 1.54) is 23.5 Å². The highest BCUT2D eigenvalue weighted by atomic mass is 32.2. The van der Waals surface area contributed by atoms with Gasteiger partial charge in [-0.25, -0.2) is 17.8 Å². The lowest BCUT2D eigenvalue weighted by Crippen LogP contribution is -2.30. The van der Waals surface area contributed by atoms with Gasteiger partial charge in [0.1, 0.15) is 11.6 Å². The van der Waals surface area contributed by atoms with Gasteiger partial charge in [0.25, 0.3) is 0 Å². The third-order valence-electron chi connectivity index (χ3n) is 5.16. The molecule has 0 aliphatic heterocycles. The third-order valence-corrected chi connectivity index (χ3v) is 8.01. The summed E-state index contributed by atoms with van der Waals surface area (Å²) in [4.78, 5) is 23.5. The van der Waals surface area contributed by atoms with Crippen LogP contribution in [0.1, 0.15) is 18.4 Å². The molecule has 0 N–H and O–H groups in total. The van der Waals surface area contributed by atoms with E-state index in [1.54, 1.807) is 36.5 Å². The maximum Gasteiger partial charge on any atom is 0.229 e. The molecule has 2 aromatic heterocycles. The number of methoxy groups -OCH3 is 1. The van der Waals surface area contributed by atoms with Gasteiger partial charge in [0.2, 0.25) is 5.91 Å². The number of pyridine rings is 1. The number of sulfone groups is 1. The summed E-state index contributed by atoms with van der Waals surface area (Å²) in [6, 6.07) is 13.8. The molecule has 0 saturated heterocycles. The van der Waals surface area contributed by atoms with Crippen LogP contribution in [0.5, 0.6) is 5.75 Å². The van der Waals surface area contributed by atoms with Crippen LogP contribution in [0.2, 0.25) is 0 Å². The number of thiazole rings is 1. The predicted octanol–water partition coefficient (Wildman–Crippen LogP) is 4.63. The zero-order valence-corrected chi connectivity index (χ0v) is 20.0. The minimum absolute atomic E-state index is 0.0138. The van der Waals surface area contributed by atoms with Crippen molar-refractivity contribution in [2.24, 2.45) is 0 Å². The molecule has 0 unspecified atom stereocenters. The van der Waals surface area contributed by atoms with Crippen molar-refractivity contribution < 1.29 is 22.3 Å². The quantitative estimate of drug-likeness (QED) is 0.312. The van der Waals surface area contributed by atoms with Crippen molar-refractivity contribution in [3.63, 3.8) is 0 Å². The number of ether oxygens (including phenoxy) is 1. The summed E-state index contributed by atoms with van der Waals surface area (Å²) in [5.74, 6) is -0.279. The van der Waals surface area contributed by atoms with E-state index in [-0.39, 0.29) is 35.9 Å². The Morgan fingerprint density at radius 2 is 1.94 bits per heavy atom. The molecule has 4 aromatic rings. The van der Waals surface area contributed by atoms with E-state index >= 15 is 0 Å². The highest BCUT2D eigenvalue weighted by Crippen LogP contribution is 2.32. The summed E-state index contributed by atoms with van der Waals surface area (Å²) >= 11 is 1.36. The normalized spacial score (nSPS) is 11.5. The van der Waals surface area contributed by atoms with Crippen LogP contribution in [-0.4, -0.2) is 37.2 Å². The molecule has 7 nitrogen and oxygen atoms in total. The number of amides is 1. The summed E-state index contributed by atoms with van der Waals surface area (Å²) in [6.45, 7) is 0.258. The molecule has 0 aliphatic rings. The Morgan fingerprint density at radius 3 is 2.65 bits per heavy atom. The van der Waals surface area contributed by atoms with E-state index in [0.29, 0.717) is 10.9 Å².